The first-order valence-corrected chi connectivity index (χ1v) is 7.65. The number of nitrogens with one attached hydrogen (secondary N) is 2. The highest BCUT2D eigenvalue weighted by Gasteiger charge is 2.17. The lowest BCUT2D eigenvalue weighted by Crippen LogP contribution is -2.42. The Hall–Kier alpha value is -1.95. The molecule has 23 heavy (non-hydrogen) atoms. The first-order valence-electron chi connectivity index (χ1n) is 7.65. The van der Waals surface area contributed by atoms with Crippen LogP contribution in [-0.2, 0) is 11.3 Å². The fraction of sp³-hybridized carbons (Fsp3) is 0.588. The van der Waals surface area contributed by atoms with Gasteiger partial charge >= 0.3 is 6.09 Å². The summed E-state index contributed by atoms with van der Waals surface area (Å²) >= 11 is 0. The van der Waals surface area contributed by atoms with Crippen molar-refractivity contribution in [2.24, 2.45) is 0 Å². The van der Waals surface area contributed by atoms with E-state index in [1.54, 1.807) is 14.2 Å². The SMILES string of the molecule is COc1cc(CNCC(C)NC(=O)OC(C)(C)C)cc(OC)c1. The Morgan fingerprint density at radius 2 is 1.70 bits per heavy atom. The molecule has 0 saturated carbocycles. The topological polar surface area (TPSA) is 68.8 Å². The van der Waals surface area contributed by atoms with Crippen LogP contribution in [0.1, 0.15) is 33.3 Å². The van der Waals surface area contributed by atoms with Crippen molar-refractivity contribution >= 4 is 6.09 Å². The highest BCUT2D eigenvalue weighted by atomic mass is 16.6. The minimum Gasteiger partial charge on any atom is -0.497 e. The van der Waals surface area contributed by atoms with Gasteiger partial charge in [0.2, 0.25) is 0 Å². The molecule has 1 unspecified atom stereocenters. The third-order valence-corrected chi connectivity index (χ3v) is 2.95. The minimum atomic E-state index is -0.492. The van der Waals surface area contributed by atoms with Crippen molar-refractivity contribution in [2.75, 3.05) is 20.8 Å². The van der Waals surface area contributed by atoms with Gasteiger partial charge < -0.3 is 24.8 Å². The molecule has 130 valence electrons. The fourth-order valence-corrected chi connectivity index (χ4v) is 1.96. The molecule has 6 nitrogen and oxygen atoms in total. The van der Waals surface area contributed by atoms with Crippen molar-refractivity contribution in [1.29, 1.82) is 0 Å². The number of carbonyl (C=O) groups excluding carboxylic acids is 1. The van der Waals surface area contributed by atoms with Crippen molar-refractivity contribution in [3.8, 4) is 11.5 Å². The molecule has 0 fully saturated rings. The average molecular weight is 324 g/mol. The maximum Gasteiger partial charge on any atom is 0.407 e. The first kappa shape index (κ1) is 19.1. The maximum atomic E-state index is 11.7. The highest BCUT2D eigenvalue weighted by Crippen LogP contribution is 2.22. The van der Waals surface area contributed by atoms with E-state index < -0.39 is 11.7 Å². The van der Waals surface area contributed by atoms with Gasteiger partial charge in [0.25, 0.3) is 0 Å². The molecule has 0 radical (unpaired) electrons. The number of amides is 1. The summed E-state index contributed by atoms with van der Waals surface area (Å²) in [4.78, 5) is 11.7. The Balaban J connectivity index is 2.43. The number of rotatable bonds is 7. The van der Waals surface area contributed by atoms with Crippen LogP contribution >= 0.6 is 0 Å². The summed E-state index contributed by atoms with van der Waals surface area (Å²) in [6.45, 7) is 8.71. The van der Waals surface area contributed by atoms with Gasteiger partial charge in [0.1, 0.15) is 17.1 Å². The Morgan fingerprint density at radius 3 is 2.17 bits per heavy atom. The van der Waals surface area contributed by atoms with E-state index in [4.69, 9.17) is 14.2 Å². The number of alkyl carbamates (subject to hydrolysis) is 1. The Labute approximate surface area is 138 Å². The zero-order valence-electron chi connectivity index (χ0n) is 14.9. The molecule has 1 rings (SSSR count). The molecule has 1 atom stereocenters. The summed E-state index contributed by atoms with van der Waals surface area (Å²) in [6, 6.07) is 5.68. The molecule has 1 amide bonds. The molecule has 0 spiro atoms. The summed E-state index contributed by atoms with van der Waals surface area (Å²) in [6.07, 6.45) is -0.408. The van der Waals surface area contributed by atoms with Crippen LogP contribution < -0.4 is 20.1 Å². The zero-order chi connectivity index (χ0) is 17.5. The number of hydrogen-bond donors (Lipinski definition) is 2. The van der Waals surface area contributed by atoms with E-state index >= 15 is 0 Å². The van der Waals surface area contributed by atoms with Crippen LogP contribution in [0.15, 0.2) is 18.2 Å². The summed E-state index contributed by atoms with van der Waals surface area (Å²) in [7, 11) is 3.25. The molecule has 2 N–H and O–H groups in total. The van der Waals surface area contributed by atoms with Gasteiger partial charge in [-0.2, -0.15) is 0 Å². The van der Waals surface area contributed by atoms with Crippen molar-refractivity contribution in [2.45, 2.75) is 45.9 Å². The van der Waals surface area contributed by atoms with Crippen LogP contribution in [0.3, 0.4) is 0 Å². The number of ether oxygens (including phenoxy) is 3. The molecular formula is C17H28N2O4. The fourth-order valence-electron chi connectivity index (χ4n) is 1.96. The van der Waals surface area contributed by atoms with Crippen molar-refractivity contribution in [3.05, 3.63) is 23.8 Å². The molecule has 6 heteroatoms. The molecule has 0 aromatic heterocycles. The predicted octanol–water partition coefficient (Wildman–Crippen LogP) is 2.71. The average Bonchev–Trinajstić information content (AvgIpc) is 2.44. The Bertz CT molecular complexity index is 490. The first-order chi connectivity index (χ1) is 10.7. The molecule has 1 aromatic rings. The predicted molar refractivity (Wildman–Crippen MR) is 90.1 cm³/mol. The number of carbonyl (C=O) groups is 1. The Morgan fingerprint density at radius 1 is 1.13 bits per heavy atom. The molecule has 0 heterocycles. The molecular weight excluding hydrogens is 296 g/mol. The van der Waals surface area contributed by atoms with Crippen LogP contribution in [0.25, 0.3) is 0 Å². The summed E-state index contributed by atoms with van der Waals surface area (Å²) in [5.74, 6) is 1.50. The van der Waals surface area contributed by atoms with E-state index in [1.807, 2.05) is 45.9 Å². The second-order valence-corrected chi connectivity index (χ2v) is 6.40. The van der Waals surface area contributed by atoms with Gasteiger partial charge in [0, 0.05) is 25.2 Å². The quantitative estimate of drug-likeness (QED) is 0.807. The lowest BCUT2D eigenvalue weighted by Gasteiger charge is -2.22. The largest absolute Gasteiger partial charge is 0.497 e. The third-order valence-electron chi connectivity index (χ3n) is 2.95. The van der Waals surface area contributed by atoms with Gasteiger partial charge in [-0.05, 0) is 45.4 Å². The van der Waals surface area contributed by atoms with Crippen molar-refractivity contribution in [3.63, 3.8) is 0 Å². The standard InChI is InChI=1S/C17H28N2O4/c1-12(19-16(20)23-17(2,3)4)10-18-11-13-7-14(21-5)9-15(8-13)22-6/h7-9,12,18H,10-11H2,1-6H3,(H,19,20). The van der Waals surface area contributed by atoms with Crippen LogP contribution in [-0.4, -0.2) is 38.5 Å². The van der Waals surface area contributed by atoms with E-state index in [1.165, 1.54) is 0 Å². The third kappa shape index (κ3) is 7.74. The second kappa shape index (κ2) is 8.62. The summed E-state index contributed by atoms with van der Waals surface area (Å²) in [5, 5.41) is 6.09. The number of hydrogen-bond acceptors (Lipinski definition) is 5. The van der Waals surface area contributed by atoms with Crippen LogP contribution in [0.2, 0.25) is 0 Å². The Kier molecular flexibility index (Phi) is 7.16. The van der Waals surface area contributed by atoms with Gasteiger partial charge in [-0.1, -0.05) is 0 Å². The van der Waals surface area contributed by atoms with Gasteiger partial charge in [0.05, 0.1) is 14.2 Å². The van der Waals surface area contributed by atoms with Gasteiger partial charge in [0.15, 0.2) is 0 Å². The van der Waals surface area contributed by atoms with E-state index in [0.29, 0.717) is 13.1 Å². The van der Waals surface area contributed by atoms with E-state index in [-0.39, 0.29) is 6.04 Å². The van der Waals surface area contributed by atoms with Crippen LogP contribution in [0.4, 0.5) is 4.79 Å². The minimum absolute atomic E-state index is 0.0441. The molecule has 0 saturated heterocycles. The molecule has 1 aromatic carbocycles. The van der Waals surface area contributed by atoms with Crippen molar-refractivity contribution < 1.29 is 19.0 Å². The molecule has 0 aliphatic carbocycles. The lowest BCUT2D eigenvalue weighted by molar-refractivity contribution is 0.0508. The molecule has 0 aliphatic heterocycles. The summed E-state index contributed by atoms with van der Waals surface area (Å²) in [5.41, 5.74) is 0.555. The van der Waals surface area contributed by atoms with Crippen LogP contribution in [0.5, 0.6) is 11.5 Å². The maximum absolute atomic E-state index is 11.7. The van der Waals surface area contributed by atoms with Gasteiger partial charge in [-0.3, -0.25) is 0 Å². The normalized spacial score (nSPS) is 12.4. The van der Waals surface area contributed by atoms with E-state index in [2.05, 4.69) is 10.6 Å². The van der Waals surface area contributed by atoms with Gasteiger partial charge in [-0.25, -0.2) is 4.79 Å². The van der Waals surface area contributed by atoms with Gasteiger partial charge in [-0.15, -0.1) is 0 Å². The second-order valence-electron chi connectivity index (χ2n) is 6.40. The number of benzene rings is 1. The monoisotopic (exact) mass is 324 g/mol. The highest BCUT2D eigenvalue weighted by molar-refractivity contribution is 5.68. The summed E-state index contributed by atoms with van der Waals surface area (Å²) < 4.78 is 15.7. The zero-order valence-corrected chi connectivity index (χ0v) is 14.9. The molecule has 0 bridgehead atoms. The van der Waals surface area contributed by atoms with E-state index in [0.717, 1.165) is 17.1 Å². The smallest absolute Gasteiger partial charge is 0.407 e. The van der Waals surface area contributed by atoms with E-state index in [9.17, 15) is 4.79 Å². The van der Waals surface area contributed by atoms with Crippen molar-refractivity contribution in [1.82, 2.24) is 10.6 Å². The number of methoxy groups -OCH3 is 2. The molecule has 0 aliphatic rings. The van der Waals surface area contributed by atoms with Crippen LogP contribution in [0, 0.1) is 0 Å². The lowest BCUT2D eigenvalue weighted by atomic mass is 10.2.